The molecule has 5 rings (SSSR count). The molecule has 0 bridgehead atoms. The molecule has 0 aliphatic carbocycles. The minimum Gasteiger partial charge on any atom is -0.494 e. The van der Waals surface area contributed by atoms with Crippen LogP contribution in [-0.2, 0) is 0 Å². The average Bonchev–Trinajstić information content (AvgIpc) is 3.50. The van der Waals surface area contributed by atoms with Crippen LogP contribution in [0.1, 0.15) is 22.5 Å². The Balaban J connectivity index is 1.43. The van der Waals surface area contributed by atoms with E-state index in [0.717, 1.165) is 31.0 Å². The molecular formula is C23H22ClN7O3S. The van der Waals surface area contributed by atoms with Gasteiger partial charge in [0.2, 0.25) is 0 Å². The van der Waals surface area contributed by atoms with E-state index in [9.17, 15) is 9.90 Å². The van der Waals surface area contributed by atoms with Crippen molar-refractivity contribution in [3.63, 3.8) is 0 Å². The summed E-state index contributed by atoms with van der Waals surface area (Å²) in [5, 5.41) is 12.9. The number of anilines is 2. The van der Waals surface area contributed by atoms with Crippen molar-refractivity contribution in [1.29, 1.82) is 0 Å². The Kier molecular flexibility index (Phi) is 6.46. The molecule has 1 aliphatic heterocycles. The molecule has 0 saturated carbocycles. The van der Waals surface area contributed by atoms with E-state index in [4.69, 9.17) is 16.3 Å². The Bertz CT molecular complexity index is 1410. The van der Waals surface area contributed by atoms with E-state index >= 15 is 0 Å². The van der Waals surface area contributed by atoms with E-state index in [1.165, 1.54) is 30.8 Å². The van der Waals surface area contributed by atoms with Crippen LogP contribution >= 0.6 is 22.9 Å². The van der Waals surface area contributed by atoms with E-state index in [0.29, 0.717) is 38.0 Å². The predicted molar refractivity (Wildman–Crippen MR) is 134 cm³/mol. The number of aliphatic hydroxyl groups is 1. The number of rotatable bonds is 6. The first-order valence-electron chi connectivity index (χ1n) is 10.9. The van der Waals surface area contributed by atoms with Crippen molar-refractivity contribution < 1.29 is 14.6 Å². The highest BCUT2D eigenvalue weighted by atomic mass is 35.5. The molecule has 0 aromatic carbocycles. The maximum atomic E-state index is 13.3. The van der Waals surface area contributed by atoms with Gasteiger partial charge in [-0.1, -0.05) is 22.9 Å². The van der Waals surface area contributed by atoms with E-state index in [-0.39, 0.29) is 23.6 Å². The number of halogens is 1. The van der Waals surface area contributed by atoms with Crippen LogP contribution in [0.5, 0.6) is 5.75 Å². The monoisotopic (exact) mass is 511 g/mol. The van der Waals surface area contributed by atoms with Gasteiger partial charge in [0.25, 0.3) is 5.91 Å². The van der Waals surface area contributed by atoms with Gasteiger partial charge in [0, 0.05) is 48.6 Å². The normalized spacial score (nSPS) is 15.5. The lowest BCUT2D eigenvalue weighted by molar-refractivity contribution is 0.102. The molecule has 0 unspecified atom stereocenters. The number of methoxy groups -OCH3 is 1. The van der Waals surface area contributed by atoms with Crippen LogP contribution in [0.15, 0.2) is 30.7 Å². The summed E-state index contributed by atoms with van der Waals surface area (Å²) in [4.78, 5) is 37.9. The lowest BCUT2D eigenvalue weighted by Crippen LogP contribution is -2.21. The topological polar surface area (TPSA) is 126 Å². The summed E-state index contributed by atoms with van der Waals surface area (Å²) in [6, 6.07) is 3.45. The zero-order valence-electron chi connectivity index (χ0n) is 19.0. The predicted octanol–water partition coefficient (Wildman–Crippen LogP) is 3.58. The molecule has 1 amide bonds. The summed E-state index contributed by atoms with van der Waals surface area (Å²) in [5.74, 6) is 1.09. The second-order valence-electron chi connectivity index (χ2n) is 8.19. The Morgan fingerprint density at radius 2 is 2.09 bits per heavy atom. The number of hydrogen-bond donors (Lipinski definition) is 2. The fourth-order valence-electron chi connectivity index (χ4n) is 4.03. The molecule has 5 heterocycles. The summed E-state index contributed by atoms with van der Waals surface area (Å²) in [6.45, 7) is 3.56. The molecule has 0 spiro atoms. The number of nitrogens with zero attached hydrogens (tertiary/aromatic N) is 6. The molecular weight excluding hydrogens is 490 g/mol. The van der Waals surface area contributed by atoms with Gasteiger partial charge in [-0.25, -0.2) is 15.0 Å². The molecule has 35 heavy (non-hydrogen) atoms. The number of nitrogens with one attached hydrogen (secondary N) is 1. The third kappa shape index (κ3) is 4.75. The third-order valence-electron chi connectivity index (χ3n) is 5.83. The summed E-state index contributed by atoms with van der Waals surface area (Å²) >= 11 is 7.37. The first-order valence-corrected chi connectivity index (χ1v) is 12.1. The van der Waals surface area contributed by atoms with Gasteiger partial charge in [-0.3, -0.25) is 15.1 Å². The van der Waals surface area contributed by atoms with Crippen LogP contribution < -0.4 is 15.0 Å². The standard InChI is InChI=1S/C23H22ClN7O3S/c1-12-5-14(15-6-18(24)26-8-17(15)34-2)16(7-25-12)21(33)30-23-29-20-22(35-23)28-19(9-27-20)31-4-3-13(10-31)11-32/h5-9,13,32H,3-4,10-11H2,1-2H3,(H,27,29,30,33)/t13-/m0/s1. The number of carbonyl (C=O) groups excluding carboxylic acids is 1. The summed E-state index contributed by atoms with van der Waals surface area (Å²) < 4.78 is 5.44. The van der Waals surface area contributed by atoms with E-state index in [1.54, 1.807) is 18.3 Å². The van der Waals surface area contributed by atoms with E-state index < -0.39 is 0 Å². The Labute approximate surface area is 210 Å². The third-order valence-corrected chi connectivity index (χ3v) is 6.89. The van der Waals surface area contributed by atoms with Crippen LogP contribution in [0, 0.1) is 12.8 Å². The van der Waals surface area contributed by atoms with Gasteiger partial charge in [-0.2, -0.15) is 4.98 Å². The highest BCUT2D eigenvalue weighted by molar-refractivity contribution is 7.21. The molecule has 180 valence electrons. The number of pyridine rings is 2. The van der Waals surface area contributed by atoms with Gasteiger partial charge in [0.1, 0.15) is 16.7 Å². The van der Waals surface area contributed by atoms with Crippen LogP contribution in [0.4, 0.5) is 10.9 Å². The SMILES string of the molecule is COc1cnc(Cl)cc1-c1cc(C)ncc1C(=O)Nc1nc2ncc(N3CC[C@H](CO)C3)nc2s1. The number of hydrogen-bond acceptors (Lipinski definition) is 10. The van der Waals surface area contributed by atoms with Gasteiger partial charge >= 0.3 is 0 Å². The number of fused-ring (bicyclic) bond motifs is 1. The van der Waals surface area contributed by atoms with Crippen LogP contribution in [0.3, 0.4) is 0 Å². The number of carbonyl (C=O) groups is 1. The second-order valence-corrected chi connectivity index (χ2v) is 9.56. The highest BCUT2D eigenvalue weighted by Gasteiger charge is 2.24. The van der Waals surface area contributed by atoms with Crippen molar-refractivity contribution >= 4 is 50.3 Å². The Morgan fingerprint density at radius 3 is 2.86 bits per heavy atom. The number of aliphatic hydroxyl groups excluding tert-OH is 1. The van der Waals surface area contributed by atoms with Gasteiger partial charge in [-0.05, 0) is 25.5 Å². The number of amides is 1. The molecule has 2 N–H and O–H groups in total. The van der Waals surface area contributed by atoms with Crippen molar-refractivity contribution in [3.8, 4) is 16.9 Å². The van der Waals surface area contributed by atoms with Crippen molar-refractivity contribution in [1.82, 2.24) is 24.9 Å². The molecule has 10 nitrogen and oxygen atoms in total. The molecule has 1 atom stereocenters. The maximum Gasteiger partial charge on any atom is 0.259 e. The van der Waals surface area contributed by atoms with Crippen molar-refractivity contribution in [2.45, 2.75) is 13.3 Å². The summed E-state index contributed by atoms with van der Waals surface area (Å²) in [6.07, 6.45) is 5.62. The van der Waals surface area contributed by atoms with Gasteiger partial charge < -0.3 is 14.7 Å². The fraction of sp³-hybridized carbons (Fsp3) is 0.304. The first-order chi connectivity index (χ1) is 16.9. The molecule has 1 fully saturated rings. The maximum absolute atomic E-state index is 13.3. The lowest BCUT2D eigenvalue weighted by atomic mass is 10.0. The Hall–Kier alpha value is -3.41. The van der Waals surface area contributed by atoms with Crippen molar-refractivity contribution in [2.24, 2.45) is 5.92 Å². The molecule has 4 aromatic heterocycles. The van der Waals surface area contributed by atoms with Gasteiger partial charge in [-0.15, -0.1) is 0 Å². The lowest BCUT2D eigenvalue weighted by Gasteiger charge is -2.16. The largest absolute Gasteiger partial charge is 0.494 e. The van der Waals surface area contributed by atoms with Crippen molar-refractivity contribution in [2.75, 3.05) is 37.0 Å². The van der Waals surface area contributed by atoms with Crippen LogP contribution in [0.25, 0.3) is 21.6 Å². The minimum atomic E-state index is -0.382. The van der Waals surface area contributed by atoms with Gasteiger partial charge in [0.15, 0.2) is 15.6 Å². The smallest absolute Gasteiger partial charge is 0.259 e. The number of thiazole rings is 1. The zero-order valence-corrected chi connectivity index (χ0v) is 20.6. The minimum absolute atomic E-state index is 0.163. The van der Waals surface area contributed by atoms with Crippen molar-refractivity contribution in [3.05, 3.63) is 47.1 Å². The number of aryl methyl sites for hydroxylation is 1. The molecule has 12 heteroatoms. The second kappa shape index (κ2) is 9.68. The number of aromatic nitrogens is 5. The highest BCUT2D eigenvalue weighted by Crippen LogP contribution is 2.34. The van der Waals surface area contributed by atoms with Crippen LogP contribution in [0.2, 0.25) is 5.15 Å². The zero-order chi connectivity index (χ0) is 24.5. The fourth-order valence-corrected chi connectivity index (χ4v) is 4.97. The molecule has 0 radical (unpaired) electrons. The van der Waals surface area contributed by atoms with Crippen LogP contribution in [-0.4, -0.2) is 62.7 Å². The number of ether oxygens (including phenoxy) is 1. The van der Waals surface area contributed by atoms with E-state index in [1.807, 2.05) is 6.92 Å². The van der Waals surface area contributed by atoms with Gasteiger partial charge in [0.05, 0.1) is 25.1 Å². The molecule has 1 saturated heterocycles. The first kappa shape index (κ1) is 23.3. The van der Waals surface area contributed by atoms with E-state index in [2.05, 4.69) is 35.1 Å². The summed E-state index contributed by atoms with van der Waals surface area (Å²) in [7, 11) is 1.53. The average molecular weight is 512 g/mol. The quantitative estimate of drug-likeness (QED) is 0.373. The summed E-state index contributed by atoms with van der Waals surface area (Å²) in [5.41, 5.74) is 2.77. The molecule has 4 aromatic rings. The molecule has 1 aliphatic rings. The Morgan fingerprint density at radius 1 is 1.23 bits per heavy atom.